The summed E-state index contributed by atoms with van der Waals surface area (Å²) in [6.45, 7) is 5.81. The molecular formula is C15H16N2O. The van der Waals surface area contributed by atoms with Gasteiger partial charge < -0.3 is 0 Å². The molecule has 0 amide bonds. The molecule has 0 atom stereocenters. The van der Waals surface area contributed by atoms with Gasteiger partial charge in [-0.3, -0.25) is 4.79 Å². The van der Waals surface area contributed by atoms with Crippen LogP contribution in [-0.2, 0) is 0 Å². The Hall–Kier alpha value is -2.16. The third kappa shape index (κ3) is 2.56. The molecule has 0 radical (unpaired) electrons. The van der Waals surface area contributed by atoms with Gasteiger partial charge in [0.05, 0.1) is 6.21 Å². The minimum atomic E-state index is -0.0997. The first-order valence-corrected chi connectivity index (χ1v) is 5.88. The van der Waals surface area contributed by atoms with Crippen molar-refractivity contribution in [2.45, 2.75) is 20.8 Å². The molecule has 1 aromatic carbocycles. The normalized spacial score (nSPS) is 11.1. The minimum Gasteiger partial charge on any atom is -0.267 e. The third-order valence-corrected chi connectivity index (χ3v) is 2.83. The van der Waals surface area contributed by atoms with Crippen LogP contribution in [0.4, 0.5) is 0 Å². The summed E-state index contributed by atoms with van der Waals surface area (Å²) in [6, 6.07) is 11.5. The van der Waals surface area contributed by atoms with Gasteiger partial charge in [0.15, 0.2) is 0 Å². The minimum absolute atomic E-state index is 0.0997. The van der Waals surface area contributed by atoms with Crippen molar-refractivity contribution in [3.8, 4) is 0 Å². The number of aryl methyl sites for hydroxylation is 3. The zero-order chi connectivity index (χ0) is 13.1. The molecule has 0 saturated heterocycles. The predicted octanol–water partition coefficient (Wildman–Crippen LogP) is 2.66. The van der Waals surface area contributed by atoms with Crippen LogP contribution in [0, 0.1) is 20.8 Å². The number of hydrogen-bond donors (Lipinski definition) is 0. The molecule has 1 aromatic heterocycles. The second kappa shape index (κ2) is 5.00. The quantitative estimate of drug-likeness (QED) is 0.743. The number of pyridine rings is 1. The highest BCUT2D eigenvalue weighted by atomic mass is 16.1. The fourth-order valence-electron chi connectivity index (χ4n) is 1.86. The van der Waals surface area contributed by atoms with Gasteiger partial charge in [-0.2, -0.15) is 5.10 Å². The monoisotopic (exact) mass is 240 g/mol. The number of aromatic nitrogens is 1. The van der Waals surface area contributed by atoms with Crippen LogP contribution in [-0.4, -0.2) is 10.9 Å². The van der Waals surface area contributed by atoms with Gasteiger partial charge in [-0.1, -0.05) is 24.3 Å². The average molecular weight is 240 g/mol. The van der Waals surface area contributed by atoms with Gasteiger partial charge in [-0.25, -0.2) is 4.68 Å². The highest BCUT2D eigenvalue weighted by molar-refractivity contribution is 5.81. The number of hydrogen-bond acceptors (Lipinski definition) is 2. The van der Waals surface area contributed by atoms with E-state index in [4.69, 9.17) is 0 Å². The van der Waals surface area contributed by atoms with Crippen LogP contribution in [0.1, 0.15) is 22.4 Å². The van der Waals surface area contributed by atoms with Crippen molar-refractivity contribution in [2.75, 3.05) is 0 Å². The summed E-state index contributed by atoms with van der Waals surface area (Å²) in [6.07, 6.45) is 1.72. The van der Waals surface area contributed by atoms with Crippen molar-refractivity contribution in [3.63, 3.8) is 0 Å². The molecule has 0 bridgehead atoms. The zero-order valence-corrected chi connectivity index (χ0v) is 10.8. The SMILES string of the molecule is Cc1cc(C)n(/N=C/c2ccccc2C)c(=O)c1. The van der Waals surface area contributed by atoms with Crippen molar-refractivity contribution >= 4 is 6.21 Å². The second-order valence-corrected chi connectivity index (χ2v) is 4.43. The van der Waals surface area contributed by atoms with Gasteiger partial charge in [0.2, 0.25) is 0 Å². The van der Waals surface area contributed by atoms with Gasteiger partial charge in [0.25, 0.3) is 5.56 Å². The standard InChI is InChI=1S/C15H16N2O/c1-11-8-13(3)17(15(18)9-11)16-10-14-7-5-4-6-12(14)2/h4-10H,1-3H3/b16-10+. The Balaban J connectivity index is 2.42. The lowest BCUT2D eigenvalue weighted by atomic mass is 10.1. The van der Waals surface area contributed by atoms with E-state index in [2.05, 4.69) is 5.10 Å². The lowest BCUT2D eigenvalue weighted by molar-refractivity contribution is 0.790. The second-order valence-electron chi connectivity index (χ2n) is 4.43. The maximum Gasteiger partial charge on any atom is 0.271 e. The molecule has 0 aliphatic carbocycles. The fourth-order valence-corrected chi connectivity index (χ4v) is 1.86. The van der Waals surface area contributed by atoms with Crippen molar-refractivity contribution < 1.29 is 0 Å². The van der Waals surface area contributed by atoms with Gasteiger partial charge in [-0.05, 0) is 43.5 Å². The summed E-state index contributed by atoms with van der Waals surface area (Å²) in [5, 5.41) is 4.26. The molecule has 0 saturated carbocycles. The summed E-state index contributed by atoms with van der Waals surface area (Å²) in [5.41, 5.74) is 3.85. The first kappa shape index (κ1) is 12.3. The molecule has 1 heterocycles. The smallest absolute Gasteiger partial charge is 0.267 e. The Morgan fingerprint density at radius 2 is 1.83 bits per heavy atom. The Bertz CT molecular complexity index is 654. The number of nitrogens with zero attached hydrogens (tertiary/aromatic N) is 2. The van der Waals surface area contributed by atoms with Gasteiger partial charge in [0, 0.05) is 11.8 Å². The zero-order valence-electron chi connectivity index (χ0n) is 10.8. The average Bonchev–Trinajstić information content (AvgIpc) is 2.30. The summed E-state index contributed by atoms with van der Waals surface area (Å²) in [7, 11) is 0. The van der Waals surface area contributed by atoms with Gasteiger partial charge >= 0.3 is 0 Å². The summed E-state index contributed by atoms with van der Waals surface area (Å²) < 4.78 is 1.42. The van der Waals surface area contributed by atoms with Crippen LogP contribution < -0.4 is 5.56 Å². The van der Waals surface area contributed by atoms with E-state index in [-0.39, 0.29) is 5.56 Å². The van der Waals surface area contributed by atoms with E-state index in [1.165, 1.54) is 4.68 Å². The molecule has 0 N–H and O–H groups in total. The molecule has 0 aliphatic rings. The van der Waals surface area contributed by atoms with E-state index in [9.17, 15) is 4.79 Å². The maximum absolute atomic E-state index is 11.8. The number of rotatable bonds is 2. The fraction of sp³-hybridized carbons (Fsp3) is 0.200. The van der Waals surface area contributed by atoms with E-state index in [0.717, 1.165) is 22.4 Å². The lowest BCUT2D eigenvalue weighted by Gasteiger charge is -2.04. The lowest BCUT2D eigenvalue weighted by Crippen LogP contribution is -2.18. The van der Waals surface area contributed by atoms with Crippen LogP contribution in [0.15, 0.2) is 46.3 Å². The molecular weight excluding hydrogens is 224 g/mol. The summed E-state index contributed by atoms with van der Waals surface area (Å²) in [4.78, 5) is 11.8. The van der Waals surface area contributed by atoms with Crippen LogP contribution in [0.3, 0.4) is 0 Å². The highest BCUT2D eigenvalue weighted by Crippen LogP contribution is 2.04. The van der Waals surface area contributed by atoms with Crippen LogP contribution in [0.25, 0.3) is 0 Å². The van der Waals surface area contributed by atoms with E-state index in [1.807, 2.05) is 51.1 Å². The first-order chi connectivity index (χ1) is 8.58. The van der Waals surface area contributed by atoms with Gasteiger partial charge in [0.1, 0.15) is 0 Å². The first-order valence-electron chi connectivity index (χ1n) is 5.88. The van der Waals surface area contributed by atoms with E-state index < -0.39 is 0 Å². The van der Waals surface area contributed by atoms with Crippen molar-refractivity contribution in [3.05, 3.63) is 69.1 Å². The molecule has 2 rings (SSSR count). The summed E-state index contributed by atoms with van der Waals surface area (Å²) >= 11 is 0. The van der Waals surface area contributed by atoms with Crippen molar-refractivity contribution in [1.82, 2.24) is 4.68 Å². The molecule has 18 heavy (non-hydrogen) atoms. The highest BCUT2D eigenvalue weighted by Gasteiger charge is 1.99. The summed E-state index contributed by atoms with van der Waals surface area (Å²) in [5.74, 6) is 0. The van der Waals surface area contributed by atoms with Crippen LogP contribution in [0.5, 0.6) is 0 Å². The van der Waals surface area contributed by atoms with E-state index in [0.29, 0.717) is 0 Å². The molecule has 0 fully saturated rings. The Kier molecular flexibility index (Phi) is 3.42. The molecule has 0 unspecified atom stereocenters. The Morgan fingerprint density at radius 1 is 1.11 bits per heavy atom. The predicted molar refractivity (Wildman–Crippen MR) is 74.3 cm³/mol. The van der Waals surface area contributed by atoms with Crippen molar-refractivity contribution in [1.29, 1.82) is 0 Å². The van der Waals surface area contributed by atoms with Crippen molar-refractivity contribution in [2.24, 2.45) is 5.10 Å². The van der Waals surface area contributed by atoms with Crippen LogP contribution >= 0.6 is 0 Å². The number of benzene rings is 1. The Morgan fingerprint density at radius 3 is 2.50 bits per heavy atom. The third-order valence-electron chi connectivity index (χ3n) is 2.83. The largest absolute Gasteiger partial charge is 0.271 e. The van der Waals surface area contributed by atoms with E-state index in [1.54, 1.807) is 12.3 Å². The molecule has 92 valence electrons. The van der Waals surface area contributed by atoms with Crippen LogP contribution in [0.2, 0.25) is 0 Å². The molecule has 0 aliphatic heterocycles. The molecule has 3 nitrogen and oxygen atoms in total. The molecule has 0 spiro atoms. The van der Waals surface area contributed by atoms with Gasteiger partial charge in [-0.15, -0.1) is 0 Å². The molecule has 2 aromatic rings. The topological polar surface area (TPSA) is 34.4 Å². The maximum atomic E-state index is 11.8. The Labute approximate surface area is 106 Å². The molecule has 3 heteroatoms. The van der Waals surface area contributed by atoms with E-state index >= 15 is 0 Å².